The van der Waals surface area contributed by atoms with Crippen molar-refractivity contribution >= 4 is 18.3 Å². The highest BCUT2D eigenvalue weighted by Crippen LogP contribution is 2.18. The van der Waals surface area contributed by atoms with Crippen LogP contribution in [0.3, 0.4) is 0 Å². The maximum Gasteiger partial charge on any atom is 0.255 e. The van der Waals surface area contributed by atoms with E-state index < -0.39 is 0 Å². The second-order valence-electron chi connectivity index (χ2n) is 4.64. The van der Waals surface area contributed by atoms with E-state index in [1.165, 1.54) is 0 Å². The quantitative estimate of drug-likeness (QED) is 0.689. The van der Waals surface area contributed by atoms with Crippen LogP contribution in [0.25, 0.3) is 0 Å². The second kappa shape index (κ2) is 11.2. The molecule has 1 rings (SSSR count). The average molecular weight is 313 g/mol. The number of para-hydroxylation sites is 1. The summed E-state index contributed by atoms with van der Waals surface area (Å²) in [6.45, 7) is 6.54. The molecular formula is C16H25ClN2O2. The minimum absolute atomic E-state index is 0. The van der Waals surface area contributed by atoms with Crippen molar-refractivity contribution in [1.82, 2.24) is 5.32 Å². The van der Waals surface area contributed by atoms with Gasteiger partial charge in [-0.1, -0.05) is 44.6 Å². The van der Waals surface area contributed by atoms with E-state index in [0.29, 0.717) is 24.5 Å². The van der Waals surface area contributed by atoms with Crippen molar-refractivity contribution in [2.24, 2.45) is 5.73 Å². The molecule has 0 aliphatic heterocycles. The number of halogens is 1. The lowest BCUT2D eigenvalue weighted by molar-refractivity contribution is 0.0932. The molecule has 1 amide bonds. The molecule has 0 saturated heterocycles. The molecule has 0 saturated carbocycles. The lowest BCUT2D eigenvalue weighted by Crippen LogP contribution is -2.40. The summed E-state index contributed by atoms with van der Waals surface area (Å²) in [6.07, 6.45) is 4.69. The molecule has 0 aliphatic rings. The van der Waals surface area contributed by atoms with Gasteiger partial charge in [-0.15, -0.1) is 12.4 Å². The lowest BCUT2D eigenvalue weighted by atomic mass is 10.1. The van der Waals surface area contributed by atoms with Crippen molar-refractivity contribution in [3.05, 3.63) is 42.5 Å². The molecule has 1 unspecified atom stereocenters. The van der Waals surface area contributed by atoms with E-state index in [2.05, 4.69) is 18.8 Å². The van der Waals surface area contributed by atoms with Gasteiger partial charge in [0.1, 0.15) is 12.4 Å². The zero-order chi connectivity index (χ0) is 14.8. The Hall–Kier alpha value is -1.52. The first-order valence-corrected chi connectivity index (χ1v) is 7.06. The fourth-order valence-electron chi connectivity index (χ4n) is 1.89. The number of hydrogen-bond donors (Lipinski definition) is 2. The van der Waals surface area contributed by atoms with Crippen molar-refractivity contribution < 1.29 is 9.53 Å². The second-order valence-corrected chi connectivity index (χ2v) is 4.64. The van der Waals surface area contributed by atoms with Gasteiger partial charge in [0, 0.05) is 12.6 Å². The van der Waals surface area contributed by atoms with Crippen LogP contribution in [0, 0.1) is 0 Å². The van der Waals surface area contributed by atoms with Gasteiger partial charge < -0.3 is 15.8 Å². The lowest BCUT2D eigenvalue weighted by Gasteiger charge is -2.17. The molecule has 1 atom stereocenters. The fourth-order valence-corrected chi connectivity index (χ4v) is 1.89. The summed E-state index contributed by atoms with van der Waals surface area (Å²) in [6, 6.07) is 7.20. The Labute approximate surface area is 133 Å². The molecule has 5 heteroatoms. The van der Waals surface area contributed by atoms with E-state index in [4.69, 9.17) is 10.5 Å². The molecule has 21 heavy (non-hydrogen) atoms. The van der Waals surface area contributed by atoms with Crippen molar-refractivity contribution in [3.8, 4) is 5.75 Å². The molecular weight excluding hydrogens is 288 g/mol. The number of nitrogens with one attached hydrogen (secondary N) is 1. The Kier molecular flexibility index (Phi) is 10.4. The smallest absolute Gasteiger partial charge is 0.255 e. The van der Waals surface area contributed by atoms with Crippen LogP contribution in [0.1, 0.15) is 36.5 Å². The van der Waals surface area contributed by atoms with Gasteiger partial charge in [0.15, 0.2) is 0 Å². The molecule has 1 aromatic rings. The first-order chi connectivity index (χ1) is 9.72. The summed E-state index contributed by atoms with van der Waals surface area (Å²) in [4.78, 5) is 12.3. The predicted octanol–water partition coefficient (Wildman–Crippen LogP) is 2.92. The van der Waals surface area contributed by atoms with Gasteiger partial charge in [0.25, 0.3) is 5.91 Å². The van der Waals surface area contributed by atoms with Crippen molar-refractivity contribution in [2.75, 3.05) is 13.2 Å². The SMILES string of the molecule is C=CCOc1ccccc1C(=O)NC(CN)CCCC.Cl. The molecule has 118 valence electrons. The third-order valence-electron chi connectivity index (χ3n) is 3.01. The highest BCUT2D eigenvalue weighted by molar-refractivity contribution is 5.97. The summed E-state index contributed by atoms with van der Waals surface area (Å²) >= 11 is 0. The van der Waals surface area contributed by atoms with E-state index in [1.54, 1.807) is 18.2 Å². The standard InChI is InChI=1S/C16H24N2O2.ClH/c1-3-5-8-13(12-17)18-16(19)14-9-6-7-10-15(14)20-11-4-2;/h4,6-7,9-10,13H,2-3,5,8,11-12,17H2,1H3,(H,18,19);1H. The van der Waals surface area contributed by atoms with Crippen LogP contribution in [-0.4, -0.2) is 25.1 Å². The molecule has 0 aromatic heterocycles. The van der Waals surface area contributed by atoms with Crippen molar-refractivity contribution in [2.45, 2.75) is 32.2 Å². The monoisotopic (exact) mass is 312 g/mol. The Morgan fingerprint density at radius 2 is 2.19 bits per heavy atom. The summed E-state index contributed by atoms with van der Waals surface area (Å²) in [5, 5.41) is 2.96. The number of benzene rings is 1. The van der Waals surface area contributed by atoms with Crippen LogP contribution < -0.4 is 15.8 Å². The van der Waals surface area contributed by atoms with E-state index in [0.717, 1.165) is 19.3 Å². The fraction of sp³-hybridized carbons (Fsp3) is 0.438. The van der Waals surface area contributed by atoms with Gasteiger partial charge in [-0.3, -0.25) is 4.79 Å². The van der Waals surface area contributed by atoms with Crippen LogP contribution in [0.2, 0.25) is 0 Å². The molecule has 0 heterocycles. The molecule has 4 nitrogen and oxygen atoms in total. The maximum absolute atomic E-state index is 12.3. The Morgan fingerprint density at radius 1 is 1.48 bits per heavy atom. The predicted molar refractivity (Wildman–Crippen MR) is 89.2 cm³/mol. The van der Waals surface area contributed by atoms with Crippen molar-refractivity contribution in [1.29, 1.82) is 0 Å². The Bertz CT molecular complexity index is 438. The summed E-state index contributed by atoms with van der Waals surface area (Å²) in [5.74, 6) is 0.423. The number of unbranched alkanes of at least 4 members (excludes halogenated alkanes) is 1. The molecule has 0 bridgehead atoms. The van der Waals surface area contributed by atoms with E-state index in [1.807, 2.05) is 12.1 Å². The number of nitrogens with two attached hydrogens (primary N) is 1. The van der Waals surface area contributed by atoms with E-state index in [9.17, 15) is 4.79 Å². The molecule has 0 radical (unpaired) electrons. The van der Waals surface area contributed by atoms with Gasteiger partial charge in [-0.25, -0.2) is 0 Å². The third kappa shape index (κ3) is 6.65. The van der Waals surface area contributed by atoms with Crippen LogP contribution in [0.4, 0.5) is 0 Å². The number of rotatable bonds is 9. The topological polar surface area (TPSA) is 64.3 Å². The minimum atomic E-state index is -0.142. The molecule has 3 N–H and O–H groups in total. The summed E-state index contributed by atoms with van der Waals surface area (Å²) in [5.41, 5.74) is 6.23. The highest BCUT2D eigenvalue weighted by atomic mass is 35.5. The van der Waals surface area contributed by atoms with E-state index in [-0.39, 0.29) is 24.4 Å². The van der Waals surface area contributed by atoms with Crippen LogP contribution in [0.5, 0.6) is 5.75 Å². The number of carbonyl (C=O) groups is 1. The van der Waals surface area contributed by atoms with E-state index >= 15 is 0 Å². The summed E-state index contributed by atoms with van der Waals surface area (Å²) < 4.78 is 5.49. The normalized spacial score (nSPS) is 11.1. The summed E-state index contributed by atoms with van der Waals surface area (Å²) in [7, 11) is 0. The Morgan fingerprint density at radius 3 is 2.81 bits per heavy atom. The third-order valence-corrected chi connectivity index (χ3v) is 3.01. The van der Waals surface area contributed by atoms with Gasteiger partial charge in [0.2, 0.25) is 0 Å². The number of hydrogen-bond acceptors (Lipinski definition) is 3. The van der Waals surface area contributed by atoms with Gasteiger partial charge in [-0.05, 0) is 18.6 Å². The zero-order valence-corrected chi connectivity index (χ0v) is 13.3. The van der Waals surface area contributed by atoms with Gasteiger partial charge >= 0.3 is 0 Å². The minimum Gasteiger partial charge on any atom is -0.489 e. The number of amides is 1. The van der Waals surface area contributed by atoms with Crippen LogP contribution in [-0.2, 0) is 0 Å². The first kappa shape index (κ1) is 19.5. The maximum atomic E-state index is 12.3. The molecule has 1 aromatic carbocycles. The van der Waals surface area contributed by atoms with Gasteiger partial charge in [-0.2, -0.15) is 0 Å². The van der Waals surface area contributed by atoms with Crippen LogP contribution in [0.15, 0.2) is 36.9 Å². The molecule has 0 fully saturated rings. The molecule has 0 aliphatic carbocycles. The zero-order valence-electron chi connectivity index (χ0n) is 12.5. The largest absolute Gasteiger partial charge is 0.489 e. The van der Waals surface area contributed by atoms with Gasteiger partial charge in [0.05, 0.1) is 5.56 Å². The number of carbonyl (C=O) groups excluding carboxylic acids is 1. The highest BCUT2D eigenvalue weighted by Gasteiger charge is 2.15. The van der Waals surface area contributed by atoms with Crippen molar-refractivity contribution in [3.63, 3.8) is 0 Å². The Balaban J connectivity index is 0.00000400. The molecule has 0 spiro atoms. The number of ether oxygens (including phenoxy) is 1. The first-order valence-electron chi connectivity index (χ1n) is 7.06. The van der Waals surface area contributed by atoms with Crippen LogP contribution >= 0.6 is 12.4 Å². The average Bonchev–Trinajstić information content (AvgIpc) is 2.49.